The van der Waals surface area contributed by atoms with Gasteiger partial charge in [-0.3, -0.25) is 4.79 Å². The van der Waals surface area contributed by atoms with Crippen molar-refractivity contribution >= 4 is 45.1 Å². The van der Waals surface area contributed by atoms with Crippen LogP contribution in [0.25, 0.3) is 10.2 Å². The average Bonchev–Trinajstić information content (AvgIpc) is 2.89. The standard InChI is InChI=1S/C12H15N3OS3/c16-12-11-9(1-2-19-11)14-10(15-12)6-13-5-8-7-17-3-4-18-8/h1-2,8,13H,3-7H2,(H,14,15,16). The van der Waals surface area contributed by atoms with Gasteiger partial charge in [0.25, 0.3) is 5.56 Å². The number of fused-ring (bicyclic) bond motifs is 1. The Morgan fingerprint density at radius 3 is 3.26 bits per heavy atom. The van der Waals surface area contributed by atoms with E-state index in [-0.39, 0.29) is 5.56 Å². The van der Waals surface area contributed by atoms with Crippen LogP contribution in [0.4, 0.5) is 0 Å². The summed E-state index contributed by atoms with van der Waals surface area (Å²) < 4.78 is 0.711. The summed E-state index contributed by atoms with van der Waals surface area (Å²) in [4.78, 5) is 19.1. The zero-order valence-corrected chi connectivity index (χ0v) is 12.8. The number of rotatable bonds is 4. The molecular weight excluding hydrogens is 298 g/mol. The van der Waals surface area contributed by atoms with Gasteiger partial charge in [0.1, 0.15) is 10.5 Å². The molecule has 2 aromatic heterocycles. The predicted octanol–water partition coefficient (Wildman–Crippen LogP) is 1.92. The first-order valence-electron chi connectivity index (χ1n) is 6.19. The van der Waals surface area contributed by atoms with Gasteiger partial charge in [-0.15, -0.1) is 11.3 Å². The monoisotopic (exact) mass is 313 g/mol. The summed E-state index contributed by atoms with van der Waals surface area (Å²) in [6.07, 6.45) is 0. The fourth-order valence-electron chi connectivity index (χ4n) is 2.01. The van der Waals surface area contributed by atoms with Crippen molar-refractivity contribution in [1.29, 1.82) is 0 Å². The third kappa shape index (κ3) is 3.34. The van der Waals surface area contributed by atoms with E-state index in [1.165, 1.54) is 28.6 Å². The molecule has 1 saturated heterocycles. The maximum absolute atomic E-state index is 11.8. The van der Waals surface area contributed by atoms with E-state index in [4.69, 9.17) is 0 Å². The van der Waals surface area contributed by atoms with Gasteiger partial charge < -0.3 is 10.3 Å². The molecule has 102 valence electrons. The fourth-order valence-corrected chi connectivity index (χ4v) is 5.38. The third-order valence-corrected chi connectivity index (χ3v) is 6.66. The van der Waals surface area contributed by atoms with Crippen molar-refractivity contribution in [3.05, 3.63) is 27.6 Å². The SMILES string of the molecule is O=c1[nH]c(CNCC2CSCCS2)nc2ccsc12. The van der Waals surface area contributed by atoms with E-state index in [1.807, 2.05) is 35.0 Å². The molecule has 19 heavy (non-hydrogen) atoms. The lowest BCUT2D eigenvalue weighted by Gasteiger charge is -2.20. The van der Waals surface area contributed by atoms with E-state index in [0.29, 0.717) is 16.5 Å². The molecule has 0 spiro atoms. The molecule has 0 amide bonds. The number of hydrogen-bond acceptors (Lipinski definition) is 6. The Hall–Kier alpha value is -0.500. The number of thiophene rings is 1. The molecule has 0 aromatic carbocycles. The van der Waals surface area contributed by atoms with Gasteiger partial charge >= 0.3 is 0 Å². The van der Waals surface area contributed by atoms with E-state index in [1.54, 1.807) is 0 Å². The van der Waals surface area contributed by atoms with E-state index in [2.05, 4.69) is 15.3 Å². The highest BCUT2D eigenvalue weighted by Gasteiger charge is 2.13. The predicted molar refractivity (Wildman–Crippen MR) is 85.5 cm³/mol. The summed E-state index contributed by atoms with van der Waals surface area (Å²) in [6.45, 7) is 1.60. The van der Waals surface area contributed by atoms with Crippen LogP contribution in [-0.2, 0) is 6.54 Å². The minimum atomic E-state index is -0.0283. The Morgan fingerprint density at radius 1 is 1.47 bits per heavy atom. The molecule has 7 heteroatoms. The molecule has 2 N–H and O–H groups in total. The maximum atomic E-state index is 11.8. The van der Waals surface area contributed by atoms with Crippen molar-refractivity contribution in [2.24, 2.45) is 0 Å². The minimum absolute atomic E-state index is 0.0283. The van der Waals surface area contributed by atoms with Crippen molar-refractivity contribution in [3.63, 3.8) is 0 Å². The van der Waals surface area contributed by atoms with Crippen LogP contribution in [-0.4, -0.2) is 39.0 Å². The van der Waals surface area contributed by atoms with Crippen LogP contribution in [0.2, 0.25) is 0 Å². The van der Waals surface area contributed by atoms with Crippen LogP contribution >= 0.6 is 34.9 Å². The van der Waals surface area contributed by atoms with Crippen molar-refractivity contribution in [2.45, 2.75) is 11.8 Å². The largest absolute Gasteiger partial charge is 0.309 e. The van der Waals surface area contributed by atoms with Crippen molar-refractivity contribution in [3.8, 4) is 0 Å². The van der Waals surface area contributed by atoms with Gasteiger partial charge in [0.05, 0.1) is 12.1 Å². The van der Waals surface area contributed by atoms with Crippen molar-refractivity contribution in [1.82, 2.24) is 15.3 Å². The summed E-state index contributed by atoms with van der Waals surface area (Å²) in [5.74, 6) is 4.45. The second-order valence-electron chi connectivity index (χ2n) is 4.35. The number of aromatic amines is 1. The van der Waals surface area contributed by atoms with Gasteiger partial charge in [-0.1, -0.05) is 0 Å². The first-order chi connectivity index (χ1) is 9.33. The first kappa shape index (κ1) is 13.5. The van der Waals surface area contributed by atoms with Crippen molar-refractivity contribution < 1.29 is 0 Å². The van der Waals surface area contributed by atoms with Gasteiger partial charge in [-0.05, 0) is 11.4 Å². The lowest BCUT2D eigenvalue weighted by molar-refractivity contribution is 0.660. The molecule has 0 bridgehead atoms. The second-order valence-corrected chi connectivity index (χ2v) is 7.82. The lowest BCUT2D eigenvalue weighted by Crippen LogP contribution is -2.29. The normalized spacial score (nSPS) is 19.9. The second kappa shape index (κ2) is 6.30. The fraction of sp³-hybridized carbons (Fsp3) is 0.500. The number of thioether (sulfide) groups is 2. The number of hydrogen-bond donors (Lipinski definition) is 2. The molecular formula is C12H15N3OS3. The smallest absolute Gasteiger partial charge is 0.268 e. The summed E-state index contributed by atoms with van der Waals surface area (Å²) in [5, 5.41) is 5.97. The molecule has 1 aliphatic heterocycles. The average molecular weight is 313 g/mol. The summed E-state index contributed by atoms with van der Waals surface area (Å²) in [6, 6.07) is 1.90. The number of aromatic nitrogens is 2. The van der Waals surface area contributed by atoms with Gasteiger partial charge in [-0.25, -0.2) is 4.98 Å². The zero-order valence-electron chi connectivity index (χ0n) is 10.3. The molecule has 1 unspecified atom stereocenters. The van der Waals surface area contributed by atoms with Gasteiger partial charge in [-0.2, -0.15) is 23.5 Å². The zero-order chi connectivity index (χ0) is 13.1. The third-order valence-electron chi connectivity index (χ3n) is 2.91. The highest BCUT2D eigenvalue weighted by molar-refractivity contribution is 8.06. The molecule has 2 aromatic rings. The Morgan fingerprint density at radius 2 is 2.42 bits per heavy atom. The highest BCUT2D eigenvalue weighted by Crippen LogP contribution is 2.23. The van der Waals surface area contributed by atoms with E-state index in [0.717, 1.165) is 17.9 Å². The Balaban J connectivity index is 1.60. The molecule has 3 rings (SSSR count). The molecule has 0 radical (unpaired) electrons. The maximum Gasteiger partial charge on any atom is 0.268 e. The summed E-state index contributed by atoms with van der Waals surface area (Å²) in [5.41, 5.74) is 0.771. The Bertz CT molecular complexity index is 604. The van der Waals surface area contributed by atoms with Gasteiger partial charge in [0, 0.05) is 29.1 Å². The molecule has 4 nitrogen and oxygen atoms in total. The van der Waals surface area contributed by atoms with E-state index < -0.39 is 0 Å². The molecule has 0 aliphatic carbocycles. The number of nitrogens with zero attached hydrogens (tertiary/aromatic N) is 1. The minimum Gasteiger partial charge on any atom is -0.309 e. The topological polar surface area (TPSA) is 57.8 Å². The van der Waals surface area contributed by atoms with Gasteiger partial charge in [0.15, 0.2) is 0 Å². The molecule has 1 aliphatic rings. The van der Waals surface area contributed by atoms with Gasteiger partial charge in [0.2, 0.25) is 0 Å². The molecule has 1 fully saturated rings. The first-order valence-corrected chi connectivity index (χ1v) is 9.28. The lowest BCUT2D eigenvalue weighted by atomic mass is 10.4. The molecule has 3 heterocycles. The van der Waals surface area contributed by atoms with Crippen LogP contribution in [0.5, 0.6) is 0 Å². The Labute approximate surface area is 123 Å². The van der Waals surface area contributed by atoms with Crippen molar-refractivity contribution in [2.75, 3.05) is 23.8 Å². The Kier molecular flexibility index (Phi) is 4.47. The van der Waals surface area contributed by atoms with Crippen LogP contribution < -0.4 is 10.9 Å². The summed E-state index contributed by atoms with van der Waals surface area (Å²) >= 11 is 5.49. The van der Waals surface area contributed by atoms with Crippen LogP contribution in [0.1, 0.15) is 5.82 Å². The van der Waals surface area contributed by atoms with Crippen LogP contribution in [0.15, 0.2) is 16.2 Å². The van der Waals surface area contributed by atoms with E-state index >= 15 is 0 Å². The number of H-pyrrole nitrogens is 1. The van der Waals surface area contributed by atoms with Crippen LogP contribution in [0, 0.1) is 0 Å². The van der Waals surface area contributed by atoms with E-state index in [9.17, 15) is 4.79 Å². The van der Waals surface area contributed by atoms with Crippen LogP contribution in [0.3, 0.4) is 0 Å². The number of nitrogens with one attached hydrogen (secondary N) is 2. The molecule has 1 atom stereocenters. The molecule has 0 saturated carbocycles. The summed E-state index contributed by atoms with van der Waals surface area (Å²) in [7, 11) is 0. The highest BCUT2D eigenvalue weighted by atomic mass is 32.2. The quantitative estimate of drug-likeness (QED) is 0.903.